The van der Waals surface area contributed by atoms with Gasteiger partial charge in [0.05, 0.1) is 0 Å². The van der Waals surface area contributed by atoms with Crippen LogP contribution in [0.25, 0.3) is 22.3 Å². The van der Waals surface area contributed by atoms with E-state index in [9.17, 15) is 9.59 Å². The van der Waals surface area contributed by atoms with Crippen LogP contribution in [0.3, 0.4) is 0 Å². The van der Waals surface area contributed by atoms with Crippen molar-refractivity contribution in [3.63, 3.8) is 0 Å². The SMILES string of the molecule is Cc1cc2oc(-c3ccccc3)cc(=O)c2c(=O)o1. The number of rotatable bonds is 1. The summed E-state index contributed by atoms with van der Waals surface area (Å²) in [5, 5.41) is -0.0507. The van der Waals surface area contributed by atoms with Crippen LogP contribution in [0.1, 0.15) is 5.76 Å². The van der Waals surface area contributed by atoms with Gasteiger partial charge in [0.1, 0.15) is 17.1 Å². The lowest BCUT2D eigenvalue weighted by atomic mass is 10.1. The molecule has 0 radical (unpaired) electrons. The van der Waals surface area contributed by atoms with Gasteiger partial charge < -0.3 is 8.83 Å². The molecule has 0 N–H and O–H groups in total. The van der Waals surface area contributed by atoms with Gasteiger partial charge in [0.15, 0.2) is 5.39 Å². The molecule has 0 saturated carbocycles. The van der Waals surface area contributed by atoms with Crippen molar-refractivity contribution in [3.8, 4) is 11.3 Å². The van der Waals surface area contributed by atoms with Gasteiger partial charge in [-0.25, -0.2) is 4.79 Å². The van der Waals surface area contributed by atoms with Crippen LogP contribution in [0, 0.1) is 6.92 Å². The largest absolute Gasteiger partial charge is 0.455 e. The Kier molecular flexibility index (Phi) is 2.56. The zero-order valence-electron chi connectivity index (χ0n) is 10.2. The Balaban J connectivity index is 2.37. The van der Waals surface area contributed by atoms with Gasteiger partial charge >= 0.3 is 5.63 Å². The summed E-state index contributed by atoms with van der Waals surface area (Å²) in [4.78, 5) is 23.6. The fourth-order valence-electron chi connectivity index (χ4n) is 1.97. The summed E-state index contributed by atoms with van der Waals surface area (Å²) >= 11 is 0. The smallest absolute Gasteiger partial charge is 0.351 e. The van der Waals surface area contributed by atoms with Crippen molar-refractivity contribution < 1.29 is 8.83 Å². The highest BCUT2D eigenvalue weighted by atomic mass is 16.4. The molecule has 0 fully saturated rings. The Bertz CT molecular complexity index is 857. The molecule has 0 aliphatic rings. The van der Waals surface area contributed by atoms with Gasteiger partial charge in [0.25, 0.3) is 0 Å². The summed E-state index contributed by atoms with van der Waals surface area (Å²) in [6.45, 7) is 1.63. The minimum atomic E-state index is -0.664. The quantitative estimate of drug-likeness (QED) is 0.670. The number of benzene rings is 1. The van der Waals surface area contributed by atoms with Gasteiger partial charge in [0, 0.05) is 17.7 Å². The number of aryl methyl sites for hydroxylation is 1. The summed E-state index contributed by atoms with van der Waals surface area (Å²) < 4.78 is 10.5. The van der Waals surface area contributed by atoms with E-state index in [0.717, 1.165) is 5.56 Å². The minimum absolute atomic E-state index is 0.0507. The molecule has 0 aliphatic carbocycles. The fraction of sp³-hybridized carbons (Fsp3) is 0.0667. The number of hydrogen-bond acceptors (Lipinski definition) is 4. The Morgan fingerprint density at radius 3 is 2.42 bits per heavy atom. The highest BCUT2D eigenvalue weighted by Gasteiger charge is 2.11. The molecule has 0 atom stereocenters. The average molecular weight is 254 g/mol. The molecule has 2 aromatic heterocycles. The van der Waals surface area contributed by atoms with Gasteiger partial charge in [-0.15, -0.1) is 0 Å². The maximum atomic E-state index is 12.0. The summed E-state index contributed by atoms with van der Waals surface area (Å²) in [5.74, 6) is 0.842. The minimum Gasteiger partial charge on any atom is -0.455 e. The standard InChI is InChI=1S/C15H10O4/c1-9-7-13-14(15(17)18-9)11(16)8-12(19-13)10-5-3-2-4-6-10/h2-8H,1H3. The van der Waals surface area contributed by atoms with Gasteiger partial charge in [0.2, 0.25) is 5.43 Å². The molecule has 19 heavy (non-hydrogen) atoms. The summed E-state index contributed by atoms with van der Waals surface area (Å²) in [5.41, 5.74) is -0.0234. The second-order valence-electron chi connectivity index (χ2n) is 4.22. The molecule has 2 heterocycles. The summed E-state index contributed by atoms with van der Waals surface area (Å²) in [6, 6.07) is 12.1. The number of hydrogen-bond donors (Lipinski definition) is 0. The van der Waals surface area contributed by atoms with E-state index in [1.807, 2.05) is 30.3 Å². The second-order valence-corrected chi connectivity index (χ2v) is 4.22. The lowest BCUT2D eigenvalue weighted by molar-refractivity contribution is 0.482. The van der Waals surface area contributed by atoms with E-state index >= 15 is 0 Å². The molecule has 3 aromatic rings. The predicted octanol–water partition coefficient (Wildman–Crippen LogP) is 2.72. The lowest BCUT2D eigenvalue weighted by Gasteiger charge is -2.02. The van der Waals surface area contributed by atoms with Crippen LogP contribution < -0.4 is 11.1 Å². The van der Waals surface area contributed by atoms with Crippen molar-refractivity contribution in [2.24, 2.45) is 0 Å². The van der Waals surface area contributed by atoms with Crippen molar-refractivity contribution in [1.29, 1.82) is 0 Å². The van der Waals surface area contributed by atoms with Crippen LogP contribution in [0.15, 0.2) is 60.9 Å². The summed E-state index contributed by atoms with van der Waals surface area (Å²) in [7, 11) is 0. The molecular formula is C15H10O4. The van der Waals surface area contributed by atoms with E-state index in [0.29, 0.717) is 11.5 Å². The summed E-state index contributed by atoms with van der Waals surface area (Å²) in [6.07, 6.45) is 0. The van der Waals surface area contributed by atoms with Crippen LogP contribution in [-0.4, -0.2) is 0 Å². The highest BCUT2D eigenvalue weighted by molar-refractivity contribution is 5.77. The van der Waals surface area contributed by atoms with Crippen LogP contribution >= 0.6 is 0 Å². The van der Waals surface area contributed by atoms with Crippen molar-refractivity contribution in [2.75, 3.05) is 0 Å². The topological polar surface area (TPSA) is 60.4 Å². The number of fused-ring (bicyclic) bond motifs is 1. The fourth-order valence-corrected chi connectivity index (χ4v) is 1.97. The molecule has 0 unspecified atom stereocenters. The molecule has 94 valence electrons. The van der Waals surface area contributed by atoms with E-state index in [2.05, 4.69) is 0 Å². The first-order valence-corrected chi connectivity index (χ1v) is 5.79. The molecular weight excluding hydrogens is 244 g/mol. The molecule has 0 bridgehead atoms. The molecule has 0 amide bonds. The molecule has 1 aromatic carbocycles. The first-order valence-electron chi connectivity index (χ1n) is 5.79. The van der Waals surface area contributed by atoms with Crippen LogP contribution in [0.2, 0.25) is 0 Å². The Morgan fingerprint density at radius 1 is 0.947 bits per heavy atom. The first kappa shape index (κ1) is 11.5. The van der Waals surface area contributed by atoms with E-state index in [-0.39, 0.29) is 11.0 Å². The zero-order valence-corrected chi connectivity index (χ0v) is 10.2. The monoisotopic (exact) mass is 254 g/mol. The molecule has 3 rings (SSSR count). The van der Waals surface area contributed by atoms with Gasteiger partial charge in [-0.2, -0.15) is 0 Å². The molecule has 4 nitrogen and oxygen atoms in total. The van der Waals surface area contributed by atoms with E-state index in [1.54, 1.807) is 13.0 Å². The van der Waals surface area contributed by atoms with Crippen molar-refractivity contribution in [1.82, 2.24) is 0 Å². The Labute approximate surface area is 107 Å². The van der Waals surface area contributed by atoms with E-state index in [1.165, 1.54) is 6.07 Å². The van der Waals surface area contributed by atoms with Gasteiger partial charge in [-0.3, -0.25) is 4.79 Å². The van der Waals surface area contributed by atoms with Crippen LogP contribution in [-0.2, 0) is 0 Å². The van der Waals surface area contributed by atoms with Crippen molar-refractivity contribution in [3.05, 3.63) is 68.9 Å². The van der Waals surface area contributed by atoms with E-state index in [4.69, 9.17) is 8.83 Å². The Morgan fingerprint density at radius 2 is 1.68 bits per heavy atom. The van der Waals surface area contributed by atoms with Crippen molar-refractivity contribution in [2.45, 2.75) is 6.92 Å². The van der Waals surface area contributed by atoms with Crippen molar-refractivity contribution >= 4 is 11.0 Å². The average Bonchev–Trinajstić information content (AvgIpc) is 2.38. The Hall–Kier alpha value is -2.62. The normalized spacial score (nSPS) is 10.8. The maximum absolute atomic E-state index is 12.0. The lowest BCUT2D eigenvalue weighted by Crippen LogP contribution is -2.12. The maximum Gasteiger partial charge on any atom is 0.351 e. The van der Waals surface area contributed by atoms with Crippen LogP contribution in [0.4, 0.5) is 0 Å². The molecule has 0 saturated heterocycles. The third-order valence-electron chi connectivity index (χ3n) is 2.83. The third kappa shape index (κ3) is 1.97. The highest BCUT2D eigenvalue weighted by Crippen LogP contribution is 2.20. The molecule has 0 aliphatic heterocycles. The molecule has 0 spiro atoms. The van der Waals surface area contributed by atoms with Crippen LogP contribution in [0.5, 0.6) is 0 Å². The van der Waals surface area contributed by atoms with E-state index < -0.39 is 11.1 Å². The predicted molar refractivity (Wildman–Crippen MR) is 71.2 cm³/mol. The molecule has 4 heteroatoms. The zero-order chi connectivity index (χ0) is 13.4. The first-order chi connectivity index (χ1) is 9.15. The van der Waals surface area contributed by atoms with Gasteiger partial charge in [-0.05, 0) is 6.92 Å². The third-order valence-corrected chi connectivity index (χ3v) is 2.83. The second kappa shape index (κ2) is 4.24. The van der Waals surface area contributed by atoms with Gasteiger partial charge in [-0.1, -0.05) is 30.3 Å².